The van der Waals surface area contributed by atoms with Crippen molar-refractivity contribution in [1.29, 1.82) is 0 Å². The van der Waals surface area contributed by atoms with Gasteiger partial charge in [-0.1, -0.05) is 35.9 Å². The number of rotatable bonds is 8. The highest BCUT2D eigenvalue weighted by Crippen LogP contribution is 2.38. The van der Waals surface area contributed by atoms with Crippen LogP contribution in [0.3, 0.4) is 0 Å². The Labute approximate surface area is 246 Å². The first-order chi connectivity index (χ1) is 19.2. The molecule has 40 heavy (non-hydrogen) atoms. The van der Waals surface area contributed by atoms with Crippen molar-refractivity contribution < 1.29 is 9.53 Å². The van der Waals surface area contributed by atoms with Crippen molar-refractivity contribution in [3.63, 3.8) is 0 Å². The summed E-state index contributed by atoms with van der Waals surface area (Å²) in [5.74, 6) is 0.818. The molecule has 2 aromatic heterocycles. The maximum absolute atomic E-state index is 14.4. The van der Waals surface area contributed by atoms with Gasteiger partial charge >= 0.3 is 0 Å². The zero-order valence-corrected chi connectivity index (χ0v) is 25.6. The Morgan fingerprint density at radius 1 is 0.975 bits per heavy atom. The zero-order valence-electron chi connectivity index (χ0n) is 24.0. The van der Waals surface area contributed by atoms with Gasteiger partial charge < -0.3 is 14.5 Å². The fraction of sp³-hybridized carbons (Fsp3) is 0.394. The normalized spacial score (nSPS) is 17.4. The minimum atomic E-state index is 0.00274. The third-order valence-corrected chi connectivity index (χ3v) is 9.61. The Morgan fingerprint density at radius 2 is 1.65 bits per heavy atom. The molecular weight excluding hydrogens is 538 g/mol. The van der Waals surface area contributed by atoms with Crippen molar-refractivity contribution >= 4 is 38.9 Å². The molecule has 2 aromatic carbocycles. The molecule has 0 bridgehead atoms. The van der Waals surface area contributed by atoms with Gasteiger partial charge in [-0.25, -0.2) is 0 Å². The molecule has 4 aromatic rings. The lowest BCUT2D eigenvalue weighted by Gasteiger charge is -2.39. The van der Waals surface area contributed by atoms with Crippen LogP contribution in [0.1, 0.15) is 59.2 Å². The molecule has 0 N–H and O–H groups in total. The molecule has 0 saturated heterocycles. The molecule has 1 aliphatic rings. The number of aryl methyl sites for hydroxylation is 2. The molecule has 1 amide bonds. The molecule has 5 nitrogen and oxygen atoms in total. The molecule has 0 spiro atoms. The molecule has 1 fully saturated rings. The first kappa shape index (κ1) is 28.6. The van der Waals surface area contributed by atoms with Crippen molar-refractivity contribution in [2.24, 2.45) is 0 Å². The second kappa shape index (κ2) is 12.3. The number of benzene rings is 2. The van der Waals surface area contributed by atoms with Crippen molar-refractivity contribution in [1.82, 2.24) is 14.8 Å². The lowest BCUT2D eigenvalue weighted by molar-refractivity contribution is 0.0572. The van der Waals surface area contributed by atoms with Crippen LogP contribution in [0.15, 0.2) is 54.6 Å². The minimum Gasteiger partial charge on any atom is -0.494 e. The molecule has 0 aliphatic heterocycles. The number of nitrogens with zero attached hydrogens (tertiary/aromatic N) is 3. The van der Waals surface area contributed by atoms with E-state index >= 15 is 0 Å². The van der Waals surface area contributed by atoms with Crippen LogP contribution in [0.2, 0.25) is 5.02 Å². The topological polar surface area (TPSA) is 45.7 Å². The van der Waals surface area contributed by atoms with Gasteiger partial charge in [-0.05, 0) is 102 Å². The summed E-state index contributed by atoms with van der Waals surface area (Å²) in [5, 5.41) is 1.49. The third kappa shape index (κ3) is 6.04. The lowest BCUT2D eigenvalue weighted by Crippen LogP contribution is -2.44. The van der Waals surface area contributed by atoms with Gasteiger partial charge in [0, 0.05) is 45.7 Å². The van der Waals surface area contributed by atoms with Gasteiger partial charge in [0.15, 0.2) is 0 Å². The van der Waals surface area contributed by atoms with Gasteiger partial charge in [-0.2, -0.15) is 0 Å². The van der Waals surface area contributed by atoms with E-state index in [-0.39, 0.29) is 11.9 Å². The minimum absolute atomic E-state index is 0.00274. The van der Waals surface area contributed by atoms with E-state index in [2.05, 4.69) is 53.1 Å². The number of hydrogen-bond donors (Lipinski definition) is 0. The molecule has 0 unspecified atom stereocenters. The summed E-state index contributed by atoms with van der Waals surface area (Å²) in [7, 11) is 4.29. The quantitative estimate of drug-likeness (QED) is 0.213. The van der Waals surface area contributed by atoms with Crippen molar-refractivity contribution in [3.05, 3.63) is 81.4 Å². The average molecular weight is 576 g/mol. The van der Waals surface area contributed by atoms with E-state index in [0.29, 0.717) is 29.1 Å². The largest absolute Gasteiger partial charge is 0.494 e. The standard InChI is InChI=1S/C33H38ClN3O2S/c1-6-39-29-16-11-23(24-17-21(2)35-22(3)18-24)19-25(29)20-37(27-14-12-26(13-15-27)36(4)5)33(38)32-31(34)28-9-7-8-10-30(28)40-32/h7-11,16-19,26-27H,6,12-15,20H2,1-5H3/t26-,27-. The van der Waals surface area contributed by atoms with Crippen LogP contribution >= 0.6 is 22.9 Å². The Hall–Kier alpha value is -2.93. The van der Waals surface area contributed by atoms with E-state index in [1.807, 2.05) is 51.1 Å². The van der Waals surface area contributed by atoms with E-state index < -0.39 is 0 Å². The summed E-state index contributed by atoms with van der Waals surface area (Å²) >= 11 is 8.33. The van der Waals surface area contributed by atoms with Gasteiger partial charge in [-0.15, -0.1) is 11.3 Å². The maximum Gasteiger partial charge on any atom is 0.266 e. The summed E-state index contributed by atoms with van der Waals surface area (Å²) in [6.07, 6.45) is 4.05. The van der Waals surface area contributed by atoms with Crippen LogP contribution in [-0.4, -0.2) is 53.5 Å². The number of carbonyl (C=O) groups is 1. The van der Waals surface area contributed by atoms with Crippen LogP contribution in [-0.2, 0) is 6.54 Å². The summed E-state index contributed by atoms with van der Waals surface area (Å²) in [4.78, 5) is 23.9. The molecule has 1 aliphatic carbocycles. The van der Waals surface area contributed by atoms with Gasteiger partial charge in [0.2, 0.25) is 0 Å². The Bertz CT molecular complexity index is 1490. The number of pyridine rings is 1. The highest BCUT2D eigenvalue weighted by Gasteiger charge is 2.33. The fourth-order valence-electron chi connectivity index (χ4n) is 5.90. The molecule has 7 heteroatoms. The van der Waals surface area contributed by atoms with Gasteiger partial charge in [-0.3, -0.25) is 9.78 Å². The number of fused-ring (bicyclic) bond motifs is 1. The van der Waals surface area contributed by atoms with Crippen molar-refractivity contribution in [2.75, 3.05) is 20.7 Å². The number of halogens is 1. The molecule has 5 rings (SSSR count). The molecule has 0 atom stereocenters. The maximum atomic E-state index is 14.4. The van der Waals surface area contributed by atoms with E-state index in [9.17, 15) is 4.79 Å². The van der Waals surface area contributed by atoms with Crippen molar-refractivity contribution in [2.45, 2.75) is 65.1 Å². The number of aromatic nitrogens is 1. The monoisotopic (exact) mass is 575 g/mol. The van der Waals surface area contributed by atoms with Gasteiger partial charge in [0.1, 0.15) is 10.6 Å². The first-order valence-electron chi connectivity index (χ1n) is 14.1. The van der Waals surface area contributed by atoms with Crippen molar-refractivity contribution in [3.8, 4) is 16.9 Å². The SMILES string of the molecule is CCOc1ccc(-c2cc(C)nc(C)c2)cc1CN(C(=O)c1sc2ccccc2c1Cl)[C@H]1CC[C@H](N(C)C)CC1. The number of hydrogen-bond acceptors (Lipinski definition) is 5. The second-order valence-corrected chi connectivity index (χ2v) is 12.4. The Morgan fingerprint density at radius 3 is 2.30 bits per heavy atom. The summed E-state index contributed by atoms with van der Waals surface area (Å²) in [5.41, 5.74) is 5.19. The lowest BCUT2D eigenvalue weighted by atomic mass is 9.89. The van der Waals surface area contributed by atoms with E-state index in [1.54, 1.807) is 0 Å². The number of amides is 1. The summed E-state index contributed by atoms with van der Waals surface area (Å²) < 4.78 is 7.12. The summed E-state index contributed by atoms with van der Waals surface area (Å²) in [6.45, 7) is 7.06. The molecule has 1 saturated carbocycles. The zero-order chi connectivity index (χ0) is 28.4. The van der Waals surface area contributed by atoms with Crippen LogP contribution in [0.4, 0.5) is 0 Å². The molecule has 210 valence electrons. The Kier molecular flexibility index (Phi) is 8.79. The van der Waals surface area contributed by atoms with E-state index in [0.717, 1.165) is 69.6 Å². The Balaban J connectivity index is 1.55. The van der Waals surface area contributed by atoms with Crippen LogP contribution in [0.5, 0.6) is 5.75 Å². The highest BCUT2D eigenvalue weighted by molar-refractivity contribution is 7.21. The number of carbonyl (C=O) groups excluding carboxylic acids is 1. The molecule has 2 heterocycles. The second-order valence-electron chi connectivity index (χ2n) is 11.0. The predicted molar refractivity (Wildman–Crippen MR) is 167 cm³/mol. The average Bonchev–Trinajstić information content (AvgIpc) is 3.28. The smallest absolute Gasteiger partial charge is 0.266 e. The molecular formula is C33H38ClN3O2S. The van der Waals surface area contributed by atoms with Gasteiger partial charge in [0.25, 0.3) is 5.91 Å². The van der Waals surface area contributed by atoms with E-state index in [1.165, 1.54) is 11.3 Å². The van der Waals surface area contributed by atoms with Crippen LogP contribution in [0, 0.1) is 13.8 Å². The summed E-state index contributed by atoms with van der Waals surface area (Å²) in [6, 6.07) is 19.2. The highest BCUT2D eigenvalue weighted by atomic mass is 35.5. The fourth-order valence-corrected chi connectivity index (χ4v) is 7.37. The number of thiophene rings is 1. The van der Waals surface area contributed by atoms with E-state index in [4.69, 9.17) is 16.3 Å². The predicted octanol–water partition coefficient (Wildman–Crippen LogP) is 8.15. The third-order valence-electron chi connectivity index (χ3n) is 7.94. The van der Waals surface area contributed by atoms with Crippen LogP contribution < -0.4 is 4.74 Å². The van der Waals surface area contributed by atoms with Crippen LogP contribution in [0.25, 0.3) is 21.2 Å². The molecule has 0 radical (unpaired) electrons. The van der Waals surface area contributed by atoms with Gasteiger partial charge in [0.05, 0.1) is 11.6 Å². The number of ether oxygens (including phenoxy) is 1. The first-order valence-corrected chi connectivity index (χ1v) is 15.3.